The van der Waals surface area contributed by atoms with Crippen LogP contribution in [0.2, 0.25) is 0 Å². The Morgan fingerprint density at radius 1 is 0.889 bits per heavy atom. The molecule has 18 heavy (non-hydrogen) atoms. The summed E-state index contributed by atoms with van der Waals surface area (Å²) in [6.45, 7) is 3.34. The van der Waals surface area contributed by atoms with Gasteiger partial charge in [-0.2, -0.15) is 0 Å². The van der Waals surface area contributed by atoms with E-state index >= 15 is 0 Å². The smallest absolute Gasteiger partial charge is 0.240 e. The number of rotatable bonds is 11. The third-order valence-electron chi connectivity index (χ3n) is 3.44. The van der Waals surface area contributed by atoms with E-state index in [1.807, 2.05) is 29.0 Å². The average Bonchev–Trinajstić information content (AvgIpc) is 2.77. The van der Waals surface area contributed by atoms with Crippen molar-refractivity contribution in [3.8, 4) is 0 Å². The maximum Gasteiger partial charge on any atom is 0.264 e. The van der Waals surface area contributed by atoms with E-state index in [-0.39, 0.29) is 0 Å². The largest absolute Gasteiger partial charge is 0.264 e. The third-order valence-corrected chi connectivity index (χ3v) is 3.44. The number of nitrogens with zero attached hydrogens (tertiary/aromatic N) is 3. The lowest BCUT2D eigenvalue weighted by molar-refractivity contribution is -0.672. The number of aromatic nitrogens is 3. The summed E-state index contributed by atoms with van der Waals surface area (Å²) in [4.78, 5) is 0. The van der Waals surface area contributed by atoms with Crippen LogP contribution >= 0.6 is 0 Å². The van der Waals surface area contributed by atoms with E-state index < -0.39 is 0 Å². The van der Waals surface area contributed by atoms with Gasteiger partial charge in [0.25, 0.3) is 6.33 Å². The van der Waals surface area contributed by atoms with Crippen LogP contribution in [0.25, 0.3) is 0 Å². The lowest BCUT2D eigenvalue weighted by atomic mass is 10.1. The maximum absolute atomic E-state index is 4.27. The highest BCUT2D eigenvalue weighted by molar-refractivity contribution is 4.50. The van der Waals surface area contributed by atoms with Crippen molar-refractivity contribution < 1.29 is 4.57 Å². The summed E-state index contributed by atoms with van der Waals surface area (Å²) in [5, 5.41) is 4.27. The first kappa shape index (κ1) is 15.2. The molecule has 104 valence electrons. The van der Waals surface area contributed by atoms with Crippen LogP contribution < -0.4 is 4.57 Å². The topological polar surface area (TPSA) is 21.7 Å². The van der Waals surface area contributed by atoms with E-state index in [1.165, 1.54) is 64.2 Å². The van der Waals surface area contributed by atoms with Crippen LogP contribution in [0.15, 0.2) is 12.7 Å². The van der Waals surface area contributed by atoms with Crippen molar-refractivity contribution >= 4 is 0 Å². The average molecular weight is 252 g/mol. The monoisotopic (exact) mass is 252 g/mol. The minimum atomic E-state index is 1.07. The molecule has 1 heterocycles. The second-order valence-corrected chi connectivity index (χ2v) is 5.36. The molecule has 3 nitrogen and oxygen atoms in total. The van der Waals surface area contributed by atoms with E-state index in [0.717, 1.165) is 6.54 Å². The van der Waals surface area contributed by atoms with Gasteiger partial charge >= 0.3 is 0 Å². The predicted molar refractivity (Wildman–Crippen MR) is 75.2 cm³/mol. The van der Waals surface area contributed by atoms with Crippen LogP contribution in [0, 0.1) is 0 Å². The molecule has 1 rings (SSSR count). The zero-order valence-corrected chi connectivity index (χ0v) is 12.3. The van der Waals surface area contributed by atoms with Gasteiger partial charge in [0.15, 0.2) is 0 Å². The molecule has 0 unspecified atom stereocenters. The number of aryl methyl sites for hydroxylation is 2. The summed E-state index contributed by atoms with van der Waals surface area (Å²) >= 11 is 0. The number of unbranched alkanes of at least 4 members (excludes halogenated alkanes) is 9. The Labute approximate surface area is 112 Å². The highest BCUT2D eigenvalue weighted by Crippen LogP contribution is 2.10. The zero-order chi connectivity index (χ0) is 13.1. The Bertz CT molecular complexity index is 294. The molecule has 0 bridgehead atoms. The predicted octanol–water partition coefficient (Wildman–Crippen LogP) is 3.63. The van der Waals surface area contributed by atoms with Gasteiger partial charge in [-0.1, -0.05) is 64.7 Å². The Kier molecular flexibility index (Phi) is 8.53. The molecular formula is C15H30N3+. The van der Waals surface area contributed by atoms with E-state index in [1.54, 1.807) is 0 Å². The molecule has 0 aliphatic heterocycles. The normalized spacial score (nSPS) is 11.0. The van der Waals surface area contributed by atoms with Gasteiger partial charge in [-0.05, 0) is 6.42 Å². The fourth-order valence-electron chi connectivity index (χ4n) is 2.29. The molecule has 0 saturated carbocycles. The molecule has 3 heteroatoms. The second-order valence-electron chi connectivity index (χ2n) is 5.36. The molecule has 0 aromatic carbocycles. The molecule has 1 aromatic heterocycles. The van der Waals surface area contributed by atoms with E-state index in [0.29, 0.717) is 0 Å². The van der Waals surface area contributed by atoms with Crippen molar-refractivity contribution in [1.82, 2.24) is 9.78 Å². The van der Waals surface area contributed by atoms with Crippen molar-refractivity contribution in [3.63, 3.8) is 0 Å². The van der Waals surface area contributed by atoms with Gasteiger partial charge in [-0.25, -0.2) is 4.57 Å². The van der Waals surface area contributed by atoms with Gasteiger partial charge in [0.1, 0.15) is 6.54 Å². The lowest BCUT2D eigenvalue weighted by Gasteiger charge is -2.01. The molecule has 1 aromatic rings. The highest BCUT2D eigenvalue weighted by atomic mass is 15.3. The minimum absolute atomic E-state index is 1.07. The van der Waals surface area contributed by atoms with E-state index in [2.05, 4.69) is 12.0 Å². The van der Waals surface area contributed by atoms with Crippen LogP contribution in [0.3, 0.4) is 0 Å². The summed E-state index contributed by atoms with van der Waals surface area (Å²) in [6, 6.07) is 0. The first-order valence-corrected chi connectivity index (χ1v) is 7.70. The Hall–Kier alpha value is -0.860. The van der Waals surface area contributed by atoms with Gasteiger partial charge in [0, 0.05) is 5.10 Å². The minimum Gasteiger partial charge on any atom is -0.240 e. The molecule has 0 atom stereocenters. The van der Waals surface area contributed by atoms with E-state index in [4.69, 9.17) is 0 Å². The second kappa shape index (κ2) is 10.1. The van der Waals surface area contributed by atoms with Crippen LogP contribution in [-0.2, 0) is 13.6 Å². The molecule has 0 aliphatic rings. The van der Waals surface area contributed by atoms with Gasteiger partial charge in [0.2, 0.25) is 6.33 Å². The SMILES string of the molecule is CCCCCCCCCCCCn1c[n+](C)cn1. The summed E-state index contributed by atoms with van der Waals surface area (Å²) in [7, 11) is 2.02. The fraction of sp³-hybridized carbons (Fsp3) is 0.867. The summed E-state index contributed by atoms with van der Waals surface area (Å²) in [6.07, 6.45) is 17.8. The Balaban J connectivity index is 1.81. The Morgan fingerprint density at radius 2 is 1.44 bits per heavy atom. The third kappa shape index (κ3) is 7.46. The number of hydrogen-bond donors (Lipinski definition) is 0. The van der Waals surface area contributed by atoms with Crippen molar-refractivity contribution in [2.75, 3.05) is 0 Å². The lowest BCUT2D eigenvalue weighted by Crippen LogP contribution is -2.23. The molecule has 0 amide bonds. The van der Waals surface area contributed by atoms with Crippen molar-refractivity contribution in [2.24, 2.45) is 7.05 Å². The fourth-order valence-corrected chi connectivity index (χ4v) is 2.29. The quantitative estimate of drug-likeness (QED) is 0.435. The maximum atomic E-state index is 4.27. The molecule has 0 N–H and O–H groups in total. The first-order valence-electron chi connectivity index (χ1n) is 7.70. The molecular weight excluding hydrogens is 222 g/mol. The van der Waals surface area contributed by atoms with Crippen molar-refractivity contribution in [2.45, 2.75) is 77.7 Å². The Morgan fingerprint density at radius 3 is 1.94 bits per heavy atom. The van der Waals surface area contributed by atoms with Crippen LogP contribution in [0.1, 0.15) is 71.1 Å². The van der Waals surface area contributed by atoms with Gasteiger partial charge in [-0.3, -0.25) is 0 Å². The molecule has 0 aliphatic carbocycles. The molecule has 0 fully saturated rings. The summed E-state index contributed by atoms with van der Waals surface area (Å²) < 4.78 is 4.03. The highest BCUT2D eigenvalue weighted by Gasteiger charge is 2.01. The van der Waals surface area contributed by atoms with Gasteiger partial charge < -0.3 is 0 Å². The number of hydrogen-bond acceptors (Lipinski definition) is 1. The summed E-state index contributed by atoms with van der Waals surface area (Å²) in [5.74, 6) is 0. The van der Waals surface area contributed by atoms with E-state index in [9.17, 15) is 0 Å². The zero-order valence-electron chi connectivity index (χ0n) is 12.3. The van der Waals surface area contributed by atoms with Crippen LogP contribution in [-0.4, -0.2) is 9.78 Å². The molecule has 0 radical (unpaired) electrons. The first-order chi connectivity index (χ1) is 8.83. The van der Waals surface area contributed by atoms with Crippen molar-refractivity contribution in [3.05, 3.63) is 12.7 Å². The van der Waals surface area contributed by atoms with Gasteiger partial charge in [-0.15, -0.1) is 4.68 Å². The van der Waals surface area contributed by atoms with Crippen LogP contribution in [0.4, 0.5) is 0 Å². The summed E-state index contributed by atoms with van der Waals surface area (Å²) in [5.41, 5.74) is 0. The molecule has 0 saturated heterocycles. The molecule has 0 spiro atoms. The van der Waals surface area contributed by atoms with Gasteiger partial charge in [0.05, 0.1) is 7.05 Å². The van der Waals surface area contributed by atoms with Crippen LogP contribution in [0.5, 0.6) is 0 Å². The van der Waals surface area contributed by atoms with Crippen molar-refractivity contribution in [1.29, 1.82) is 0 Å². The standard InChI is InChI=1S/C15H30N3/c1-3-4-5-6-7-8-9-10-11-12-13-18-15-17(2)14-16-18/h14-15H,3-13H2,1-2H3/q+1.